The van der Waals surface area contributed by atoms with Crippen LogP contribution >= 0.6 is 11.8 Å². The molecule has 124 valence electrons. The van der Waals surface area contributed by atoms with Crippen LogP contribution in [0.25, 0.3) is 0 Å². The van der Waals surface area contributed by atoms with Gasteiger partial charge in [-0.05, 0) is 18.9 Å². The Morgan fingerprint density at radius 3 is 2.65 bits per heavy atom. The zero-order chi connectivity index (χ0) is 16.8. The van der Waals surface area contributed by atoms with Gasteiger partial charge in [-0.3, -0.25) is 9.79 Å². The van der Waals surface area contributed by atoms with E-state index in [9.17, 15) is 9.59 Å². The molecule has 1 aliphatic rings. The van der Waals surface area contributed by atoms with Crippen molar-refractivity contribution in [2.75, 3.05) is 12.9 Å². The van der Waals surface area contributed by atoms with Crippen LogP contribution in [0.2, 0.25) is 0 Å². The largest absolute Gasteiger partial charge is 0.467 e. The maximum atomic E-state index is 11.7. The molecule has 0 saturated carbocycles. The molecule has 2 rings (SSSR count). The van der Waals surface area contributed by atoms with Gasteiger partial charge in [-0.1, -0.05) is 30.3 Å². The lowest BCUT2D eigenvalue weighted by atomic mass is 9.95. The monoisotopic (exact) mass is 335 g/mol. The Hall–Kier alpha value is -1.82. The molecular weight excluding hydrogens is 314 g/mol. The van der Waals surface area contributed by atoms with Crippen molar-refractivity contribution in [3.8, 4) is 0 Å². The average Bonchev–Trinajstić information content (AvgIpc) is 3.01. The Morgan fingerprint density at radius 1 is 1.35 bits per heavy atom. The lowest BCUT2D eigenvalue weighted by molar-refractivity contribution is -0.147. The Balaban J connectivity index is 2.19. The van der Waals surface area contributed by atoms with Crippen molar-refractivity contribution >= 4 is 28.7 Å². The molecule has 1 aromatic carbocycles. The Morgan fingerprint density at radius 2 is 2.04 bits per heavy atom. The Kier molecular flexibility index (Phi) is 6.21. The van der Waals surface area contributed by atoms with Crippen molar-refractivity contribution in [2.24, 2.45) is 10.9 Å². The summed E-state index contributed by atoms with van der Waals surface area (Å²) in [5.74, 6) is -0.143. The number of carbonyl (C=O) groups excluding carboxylic acids is 2. The number of thioether (sulfide) groups is 1. The van der Waals surface area contributed by atoms with E-state index in [2.05, 4.69) is 4.99 Å². The minimum atomic E-state index is -0.470. The van der Waals surface area contributed by atoms with Crippen LogP contribution in [0.15, 0.2) is 35.3 Å². The van der Waals surface area contributed by atoms with Gasteiger partial charge in [0.1, 0.15) is 6.10 Å². The summed E-state index contributed by atoms with van der Waals surface area (Å²) in [5, 5.41) is 0.845. The topological polar surface area (TPSA) is 65.0 Å². The summed E-state index contributed by atoms with van der Waals surface area (Å²) in [6.07, 6.45) is 0.394. The normalized spacial score (nSPS) is 19.6. The van der Waals surface area contributed by atoms with E-state index in [-0.39, 0.29) is 24.0 Å². The van der Waals surface area contributed by atoms with E-state index in [1.165, 1.54) is 25.8 Å². The number of benzene rings is 1. The van der Waals surface area contributed by atoms with Crippen LogP contribution in [-0.2, 0) is 25.5 Å². The van der Waals surface area contributed by atoms with E-state index in [1.54, 1.807) is 0 Å². The smallest absolute Gasteiger partial charge is 0.331 e. The average molecular weight is 335 g/mol. The predicted octanol–water partition coefficient (Wildman–Crippen LogP) is 2.48. The van der Waals surface area contributed by atoms with Crippen molar-refractivity contribution in [1.82, 2.24) is 0 Å². The van der Waals surface area contributed by atoms with Crippen molar-refractivity contribution < 1.29 is 19.1 Å². The second-order valence-electron chi connectivity index (χ2n) is 5.43. The molecule has 1 aliphatic heterocycles. The maximum absolute atomic E-state index is 11.7. The first-order valence-corrected chi connectivity index (χ1v) is 8.49. The molecule has 3 atom stereocenters. The van der Waals surface area contributed by atoms with Gasteiger partial charge in [0.15, 0.2) is 6.04 Å². The fourth-order valence-corrected chi connectivity index (χ4v) is 3.75. The van der Waals surface area contributed by atoms with Crippen molar-refractivity contribution in [1.29, 1.82) is 0 Å². The van der Waals surface area contributed by atoms with Crippen LogP contribution in [0.1, 0.15) is 19.4 Å². The molecular formula is C17H21NO4S. The van der Waals surface area contributed by atoms with Gasteiger partial charge in [0.05, 0.1) is 12.2 Å². The third kappa shape index (κ3) is 4.82. The molecule has 1 aromatic rings. The van der Waals surface area contributed by atoms with E-state index in [1.807, 2.05) is 37.3 Å². The highest BCUT2D eigenvalue weighted by atomic mass is 32.2. The third-order valence-electron chi connectivity index (χ3n) is 3.68. The number of nitrogens with zero attached hydrogens (tertiary/aromatic N) is 1. The molecule has 0 aliphatic carbocycles. The summed E-state index contributed by atoms with van der Waals surface area (Å²) in [5.41, 5.74) is 1.14. The lowest BCUT2D eigenvalue weighted by Gasteiger charge is -2.23. The van der Waals surface area contributed by atoms with Crippen LogP contribution in [0, 0.1) is 5.92 Å². The molecule has 5 nitrogen and oxygen atoms in total. The zero-order valence-corrected chi connectivity index (χ0v) is 14.3. The summed E-state index contributed by atoms with van der Waals surface area (Å²) >= 11 is 1.53. The molecule has 0 fully saturated rings. The summed E-state index contributed by atoms with van der Waals surface area (Å²) in [4.78, 5) is 27.5. The van der Waals surface area contributed by atoms with E-state index >= 15 is 0 Å². The van der Waals surface area contributed by atoms with Crippen molar-refractivity contribution in [3.63, 3.8) is 0 Å². The number of carbonyl (C=O) groups is 2. The molecule has 1 heterocycles. The number of rotatable bonds is 6. The highest BCUT2D eigenvalue weighted by Gasteiger charge is 2.33. The van der Waals surface area contributed by atoms with Crippen LogP contribution in [-0.4, -0.2) is 42.0 Å². The second kappa shape index (κ2) is 8.15. The number of methoxy groups -OCH3 is 1. The van der Waals surface area contributed by atoms with Gasteiger partial charge in [0.25, 0.3) is 0 Å². The standard InChI is InChI=1S/C17H21NO4S/c1-11(22-12(2)19)14(9-13-7-5-4-6-8-13)16-18-15(10-23-16)17(20)21-3/h4-8,11,14-15H,9-10H2,1-3H3/t11?,14?,15-/m0/s1. The summed E-state index contributed by atoms with van der Waals surface area (Å²) in [6.45, 7) is 3.26. The molecule has 0 amide bonds. The quantitative estimate of drug-likeness (QED) is 0.747. The molecule has 0 saturated heterocycles. The second-order valence-corrected chi connectivity index (χ2v) is 6.47. The fourth-order valence-electron chi connectivity index (χ4n) is 2.52. The van der Waals surface area contributed by atoms with Crippen molar-refractivity contribution in [3.05, 3.63) is 35.9 Å². The van der Waals surface area contributed by atoms with Crippen molar-refractivity contribution in [2.45, 2.75) is 32.4 Å². The van der Waals surface area contributed by atoms with Crippen LogP contribution in [0.4, 0.5) is 0 Å². The van der Waals surface area contributed by atoms with Gasteiger partial charge in [0.2, 0.25) is 0 Å². The van der Waals surface area contributed by atoms with Crippen LogP contribution in [0.3, 0.4) is 0 Å². The number of hydrogen-bond acceptors (Lipinski definition) is 6. The first-order valence-electron chi connectivity index (χ1n) is 7.50. The highest BCUT2D eigenvalue weighted by Crippen LogP contribution is 2.29. The first kappa shape index (κ1) is 17.5. The molecule has 0 aromatic heterocycles. The molecule has 0 bridgehead atoms. The van der Waals surface area contributed by atoms with Gasteiger partial charge in [-0.15, -0.1) is 11.8 Å². The van der Waals surface area contributed by atoms with Gasteiger partial charge in [0, 0.05) is 18.6 Å². The lowest BCUT2D eigenvalue weighted by Crippen LogP contribution is -2.30. The minimum absolute atomic E-state index is 0.0686. The number of aliphatic imine (C=N–C) groups is 1. The number of hydrogen-bond donors (Lipinski definition) is 0. The molecule has 23 heavy (non-hydrogen) atoms. The first-order chi connectivity index (χ1) is 11.0. The number of esters is 2. The molecule has 0 radical (unpaired) electrons. The molecule has 0 N–H and O–H groups in total. The third-order valence-corrected chi connectivity index (χ3v) is 4.87. The van der Waals surface area contributed by atoms with Crippen LogP contribution < -0.4 is 0 Å². The maximum Gasteiger partial charge on any atom is 0.331 e. The molecule has 2 unspecified atom stereocenters. The van der Waals surface area contributed by atoms with Gasteiger partial charge >= 0.3 is 11.9 Å². The van der Waals surface area contributed by atoms with E-state index in [4.69, 9.17) is 9.47 Å². The highest BCUT2D eigenvalue weighted by molar-refractivity contribution is 8.14. The minimum Gasteiger partial charge on any atom is -0.467 e. The summed E-state index contributed by atoms with van der Waals surface area (Å²) in [7, 11) is 1.36. The number of ether oxygens (including phenoxy) is 2. The Bertz CT molecular complexity index is 588. The Labute approximate surface area is 140 Å². The van der Waals surface area contributed by atoms with E-state index in [0.717, 1.165) is 10.6 Å². The fraction of sp³-hybridized carbons (Fsp3) is 0.471. The van der Waals surface area contributed by atoms with E-state index in [0.29, 0.717) is 12.2 Å². The van der Waals surface area contributed by atoms with Crippen LogP contribution in [0.5, 0.6) is 0 Å². The van der Waals surface area contributed by atoms with Gasteiger partial charge in [-0.25, -0.2) is 4.79 Å². The SMILES string of the molecule is COC(=O)[C@@H]1CSC(C(Cc2ccccc2)C(C)OC(C)=O)=N1. The van der Waals surface area contributed by atoms with Gasteiger partial charge in [-0.2, -0.15) is 0 Å². The zero-order valence-electron chi connectivity index (χ0n) is 13.5. The van der Waals surface area contributed by atoms with Gasteiger partial charge < -0.3 is 9.47 Å². The summed E-state index contributed by atoms with van der Waals surface area (Å²) < 4.78 is 10.1. The predicted molar refractivity (Wildman–Crippen MR) is 90.6 cm³/mol. The summed E-state index contributed by atoms with van der Waals surface area (Å²) in [6, 6.07) is 9.51. The molecule has 0 spiro atoms. The van der Waals surface area contributed by atoms with E-state index < -0.39 is 6.04 Å². The molecule has 6 heteroatoms.